The summed E-state index contributed by atoms with van der Waals surface area (Å²) in [4.78, 5) is 45.4. The maximum atomic E-state index is 13.6. The van der Waals surface area contributed by atoms with Crippen LogP contribution in [0.3, 0.4) is 0 Å². The van der Waals surface area contributed by atoms with Crippen molar-refractivity contribution < 1.29 is 19.1 Å². The highest BCUT2D eigenvalue weighted by molar-refractivity contribution is 6.09. The summed E-state index contributed by atoms with van der Waals surface area (Å²) in [5, 5.41) is 2.93. The van der Waals surface area contributed by atoms with Crippen molar-refractivity contribution in [3.8, 4) is 5.75 Å². The van der Waals surface area contributed by atoms with E-state index in [2.05, 4.69) is 10.2 Å². The maximum absolute atomic E-state index is 13.6. The molecule has 3 heterocycles. The Labute approximate surface area is 212 Å². The van der Waals surface area contributed by atoms with Crippen LogP contribution in [0.2, 0.25) is 0 Å². The van der Waals surface area contributed by atoms with E-state index in [0.717, 1.165) is 75.2 Å². The Morgan fingerprint density at radius 3 is 2.58 bits per heavy atom. The van der Waals surface area contributed by atoms with Crippen molar-refractivity contribution in [2.75, 3.05) is 43.1 Å². The summed E-state index contributed by atoms with van der Waals surface area (Å²) < 4.78 is 5.26. The lowest BCUT2D eigenvalue weighted by Gasteiger charge is -2.45. The first kappa shape index (κ1) is 24.2. The number of ether oxygens (including phenoxy) is 1. The fourth-order valence-electron chi connectivity index (χ4n) is 5.52. The molecular formula is C28H34N4O4. The maximum Gasteiger partial charge on any atom is 0.253 e. The van der Waals surface area contributed by atoms with Gasteiger partial charge in [-0.1, -0.05) is 12.1 Å². The van der Waals surface area contributed by atoms with E-state index in [-0.39, 0.29) is 30.3 Å². The second kappa shape index (κ2) is 10.6. The Morgan fingerprint density at radius 1 is 0.972 bits per heavy atom. The monoisotopic (exact) mass is 490 g/mol. The molecule has 1 unspecified atom stereocenters. The summed E-state index contributed by atoms with van der Waals surface area (Å²) in [6.45, 7) is 2.59. The molecule has 1 atom stereocenters. The summed E-state index contributed by atoms with van der Waals surface area (Å²) >= 11 is 0. The molecule has 2 aromatic carbocycles. The predicted octanol–water partition coefficient (Wildman–Crippen LogP) is 3.34. The van der Waals surface area contributed by atoms with Crippen LogP contribution in [0.25, 0.3) is 0 Å². The van der Waals surface area contributed by atoms with Crippen molar-refractivity contribution in [2.24, 2.45) is 0 Å². The fraction of sp³-hybridized carbons (Fsp3) is 0.464. The van der Waals surface area contributed by atoms with Gasteiger partial charge in [0.1, 0.15) is 18.3 Å². The van der Waals surface area contributed by atoms with E-state index in [1.54, 1.807) is 12.0 Å². The van der Waals surface area contributed by atoms with Gasteiger partial charge in [-0.15, -0.1) is 0 Å². The number of carbonyl (C=O) groups is 3. The van der Waals surface area contributed by atoms with Crippen LogP contribution in [-0.2, 0) is 16.1 Å². The lowest BCUT2D eigenvalue weighted by molar-refractivity contribution is -0.125. The first-order chi connectivity index (χ1) is 17.5. The second-order valence-corrected chi connectivity index (χ2v) is 9.81. The molecule has 1 N–H and O–H groups in total. The van der Waals surface area contributed by atoms with E-state index in [9.17, 15) is 14.4 Å². The zero-order chi connectivity index (χ0) is 25.1. The number of methoxy groups -OCH3 is 1. The van der Waals surface area contributed by atoms with Gasteiger partial charge in [0.15, 0.2) is 0 Å². The van der Waals surface area contributed by atoms with Crippen molar-refractivity contribution in [3.05, 3.63) is 53.6 Å². The van der Waals surface area contributed by atoms with Crippen LogP contribution < -0.4 is 19.9 Å². The number of likely N-dealkylation sites (tertiary alicyclic amines) is 1. The van der Waals surface area contributed by atoms with Crippen molar-refractivity contribution in [1.29, 1.82) is 0 Å². The number of nitrogens with one attached hydrogen (secondary N) is 1. The van der Waals surface area contributed by atoms with E-state index in [0.29, 0.717) is 17.8 Å². The molecule has 3 aliphatic rings. The molecule has 8 heteroatoms. The van der Waals surface area contributed by atoms with Gasteiger partial charge in [0.25, 0.3) is 5.91 Å². The summed E-state index contributed by atoms with van der Waals surface area (Å²) in [5.74, 6) is 0.411. The topological polar surface area (TPSA) is 82.2 Å². The summed E-state index contributed by atoms with van der Waals surface area (Å²) in [7, 11) is 1.61. The standard InChI is InChI=1S/C28H34N4O4/c1-36-22-9-7-8-20(16-22)18-29-26(33)19-32-25-17-21(27(34)30-13-4-2-5-14-30)11-12-23(25)31-15-6-3-10-24(31)28(32)35/h7-9,11-12,16-17,24H,2-6,10,13-15,18-19H2,1H3,(H,29,33). The van der Waals surface area contributed by atoms with Crippen molar-refractivity contribution in [3.63, 3.8) is 0 Å². The van der Waals surface area contributed by atoms with Crippen LogP contribution >= 0.6 is 0 Å². The van der Waals surface area contributed by atoms with E-state index >= 15 is 0 Å². The Balaban J connectivity index is 1.38. The molecule has 0 bridgehead atoms. The Bertz CT molecular complexity index is 1140. The molecule has 8 nitrogen and oxygen atoms in total. The molecule has 0 spiro atoms. The Kier molecular flexibility index (Phi) is 7.11. The van der Waals surface area contributed by atoms with Gasteiger partial charge in [-0.05, 0) is 74.4 Å². The van der Waals surface area contributed by atoms with Crippen LogP contribution in [0.1, 0.15) is 54.4 Å². The van der Waals surface area contributed by atoms with Crippen LogP contribution in [0.15, 0.2) is 42.5 Å². The molecule has 5 rings (SSSR count). The normalized spacial score (nSPS) is 19.4. The van der Waals surface area contributed by atoms with E-state index in [1.807, 2.05) is 47.4 Å². The van der Waals surface area contributed by atoms with Crippen molar-refractivity contribution in [2.45, 2.75) is 51.1 Å². The number of hydrogen-bond acceptors (Lipinski definition) is 5. The smallest absolute Gasteiger partial charge is 0.253 e. The number of carbonyl (C=O) groups excluding carboxylic acids is 3. The molecule has 36 heavy (non-hydrogen) atoms. The van der Waals surface area contributed by atoms with Gasteiger partial charge < -0.3 is 19.9 Å². The third-order valence-electron chi connectivity index (χ3n) is 7.45. The third-order valence-corrected chi connectivity index (χ3v) is 7.45. The average Bonchev–Trinajstić information content (AvgIpc) is 2.94. The average molecular weight is 491 g/mol. The van der Waals surface area contributed by atoms with Gasteiger partial charge in [-0.25, -0.2) is 0 Å². The number of anilines is 2. The summed E-state index contributed by atoms with van der Waals surface area (Å²) in [6, 6.07) is 12.9. The number of fused-ring (bicyclic) bond motifs is 3. The van der Waals surface area contributed by atoms with Crippen LogP contribution in [-0.4, -0.2) is 62.0 Å². The summed E-state index contributed by atoms with van der Waals surface area (Å²) in [6.07, 6.45) is 5.98. The minimum Gasteiger partial charge on any atom is -0.497 e. The predicted molar refractivity (Wildman–Crippen MR) is 138 cm³/mol. The van der Waals surface area contributed by atoms with Crippen LogP contribution in [0.4, 0.5) is 11.4 Å². The lowest BCUT2D eigenvalue weighted by Crippen LogP contribution is -2.57. The van der Waals surface area contributed by atoms with Gasteiger partial charge in [0, 0.05) is 31.7 Å². The SMILES string of the molecule is COc1cccc(CNC(=O)CN2C(=O)C3CCCCN3c3ccc(C(=O)N4CCCCC4)cc32)c1. The number of benzene rings is 2. The van der Waals surface area contributed by atoms with Crippen molar-refractivity contribution in [1.82, 2.24) is 10.2 Å². The van der Waals surface area contributed by atoms with E-state index in [1.165, 1.54) is 0 Å². The highest BCUT2D eigenvalue weighted by atomic mass is 16.5. The molecule has 0 saturated carbocycles. The lowest BCUT2D eigenvalue weighted by atomic mass is 9.95. The first-order valence-corrected chi connectivity index (χ1v) is 13.0. The number of piperidine rings is 2. The summed E-state index contributed by atoms with van der Waals surface area (Å²) in [5.41, 5.74) is 3.06. The number of amides is 3. The molecule has 3 amide bonds. The van der Waals surface area contributed by atoms with Crippen molar-refractivity contribution >= 4 is 29.1 Å². The molecule has 0 aromatic heterocycles. The van der Waals surface area contributed by atoms with Crippen LogP contribution in [0.5, 0.6) is 5.75 Å². The highest BCUT2D eigenvalue weighted by Crippen LogP contribution is 2.40. The number of rotatable bonds is 6. The molecule has 2 aromatic rings. The first-order valence-electron chi connectivity index (χ1n) is 13.0. The second-order valence-electron chi connectivity index (χ2n) is 9.81. The Hall–Kier alpha value is -3.55. The fourth-order valence-corrected chi connectivity index (χ4v) is 5.52. The molecule has 0 aliphatic carbocycles. The van der Waals surface area contributed by atoms with Gasteiger partial charge in [-0.2, -0.15) is 0 Å². The van der Waals surface area contributed by atoms with E-state index in [4.69, 9.17) is 4.74 Å². The van der Waals surface area contributed by atoms with Gasteiger partial charge >= 0.3 is 0 Å². The largest absolute Gasteiger partial charge is 0.497 e. The highest BCUT2D eigenvalue weighted by Gasteiger charge is 2.40. The van der Waals surface area contributed by atoms with Gasteiger partial charge in [0.05, 0.1) is 18.5 Å². The molecular weight excluding hydrogens is 456 g/mol. The van der Waals surface area contributed by atoms with Gasteiger partial charge in [0.2, 0.25) is 11.8 Å². The molecule has 2 fully saturated rings. The molecule has 2 saturated heterocycles. The minimum atomic E-state index is -0.263. The molecule has 3 aliphatic heterocycles. The number of nitrogens with zero attached hydrogens (tertiary/aromatic N) is 3. The minimum absolute atomic E-state index is 0.00635. The number of hydrogen-bond donors (Lipinski definition) is 1. The molecule has 0 radical (unpaired) electrons. The quantitative estimate of drug-likeness (QED) is 0.672. The van der Waals surface area contributed by atoms with Crippen LogP contribution in [0, 0.1) is 0 Å². The molecule has 190 valence electrons. The zero-order valence-electron chi connectivity index (χ0n) is 20.9. The zero-order valence-corrected chi connectivity index (χ0v) is 20.9. The van der Waals surface area contributed by atoms with Gasteiger partial charge in [-0.3, -0.25) is 19.3 Å². The third kappa shape index (κ3) is 4.90. The van der Waals surface area contributed by atoms with E-state index < -0.39 is 0 Å². The Morgan fingerprint density at radius 2 is 1.78 bits per heavy atom.